The van der Waals surface area contributed by atoms with Crippen molar-refractivity contribution in [1.82, 2.24) is 4.31 Å². The highest BCUT2D eigenvalue weighted by molar-refractivity contribution is 14.2. The number of halogens is 2. The SMILES string of the molecule is CCC1CCC(c2cccc(Cl)c2)N1SI.COc1ccc(S)cc1. The average molecular weight is 508 g/mol. The molecule has 2 nitrogen and oxygen atoms in total. The number of methoxy groups -OCH3 is 1. The van der Waals surface area contributed by atoms with Gasteiger partial charge in [0, 0.05) is 43.2 Å². The Morgan fingerprint density at radius 1 is 1.24 bits per heavy atom. The zero-order valence-corrected chi connectivity index (χ0v) is 19.0. The molecule has 0 radical (unpaired) electrons. The zero-order chi connectivity index (χ0) is 18.2. The van der Waals surface area contributed by atoms with Crippen LogP contribution in [0.1, 0.15) is 37.8 Å². The van der Waals surface area contributed by atoms with Gasteiger partial charge >= 0.3 is 0 Å². The molecule has 1 saturated heterocycles. The number of rotatable bonds is 4. The van der Waals surface area contributed by atoms with Crippen molar-refractivity contribution in [2.45, 2.75) is 43.2 Å². The van der Waals surface area contributed by atoms with Crippen molar-refractivity contribution in [2.24, 2.45) is 0 Å². The minimum absolute atomic E-state index is 0.533. The molecule has 0 spiro atoms. The van der Waals surface area contributed by atoms with Crippen LogP contribution in [0.3, 0.4) is 0 Å². The van der Waals surface area contributed by atoms with Crippen LogP contribution >= 0.6 is 54.6 Å². The van der Waals surface area contributed by atoms with E-state index in [0.717, 1.165) is 15.7 Å². The summed E-state index contributed by atoms with van der Waals surface area (Å²) in [5.41, 5.74) is 1.35. The minimum Gasteiger partial charge on any atom is -0.497 e. The van der Waals surface area contributed by atoms with Gasteiger partial charge in [0.1, 0.15) is 5.75 Å². The van der Waals surface area contributed by atoms with E-state index in [9.17, 15) is 0 Å². The summed E-state index contributed by atoms with van der Waals surface area (Å²) in [4.78, 5) is 0.954. The van der Waals surface area contributed by atoms with Crippen LogP contribution < -0.4 is 4.74 Å². The van der Waals surface area contributed by atoms with Gasteiger partial charge in [-0.3, -0.25) is 0 Å². The molecule has 3 rings (SSSR count). The number of hydrogen-bond donors (Lipinski definition) is 1. The van der Waals surface area contributed by atoms with Crippen LogP contribution in [0.15, 0.2) is 53.4 Å². The second kappa shape index (κ2) is 10.9. The summed E-state index contributed by atoms with van der Waals surface area (Å²) < 4.78 is 7.46. The molecule has 0 N–H and O–H groups in total. The first-order chi connectivity index (χ1) is 12.1. The Morgan fingerprint density at radius 2 is 1.96 bits per heavy atom. The molecule has 6 heteroatoms. The summed E-state index contributed by atoms with van der Waals surface area (Å²) in [5, 5.41) is 0.843. The van der Waals surface area contributed by atoms with E-state index in [1.807, 2.05) is 45.5 Å². The molecule has 0 aliphatic carbocycles. The Morgan fingerprint density at radius 3 is 2.52 bits per heavy atom. The van der Waals surface area contributed by atoms with Crippen LogP contribution in [0.4, 0.5) is 0 Å². The normalized spacial score (nSPS) is 20.0. The molecule has 1 aliphatic heterocycles. The monoisotopic (exact) mass is 507 g/mol. The van der Waals surface area contributed by atoms with Crippen molar-refractivity contribution in [2.75, 3.05) is 7.11 Å². The Kier molecular flexibility index (Phi) is 9.27. The van der Waals surface area contributed by atoms with Gasteiger partial charge in [-0.1, -0.05) is 30.7 Å². The maximum atomic E-state index is 6.06. The fourth-order valence-corrected chi connectivity index (χ4v) is 5.78. The van der Waals surface area contributed by atoms with Gasteiger partial charge in [0.2, 0.25) is 0 Å². The lowest BCUT2D eigenvalue weighted by atomic mass is 10.1. The average Bonchev–Trinajstić information content (AvgIpc) is 3.06. The standard InChI is InChI=1S/C12H15ClINS.C7H8OS/c1-2-11-6-7-12(15(11)16-14)9-4-3-5-10(13)8-9;1-8-6-2-4-7(9)5-3-6/h3-5,8,11-12H,2,6-7H2,1H3;2-5,9H,1H3. The van der Waals surface area contributed by atoms with E-state index in [4.69, 9.17) is 16.3 Å². The molecular weight excluding hydrogens is 485 g/mol. The van der Waals surface area contributed by atoms with E-state index in [1.165, 1.54) is 24.8 Å². The number of ether oxygens (including phenoxy) is 1. The summed E-state index contributed by atoms with van der Waals surface area (Å²) in [5.74, 6) is 0.868. The van der Waals surface area contributed by atoms with Crippen molar-refractivity contribution in [1.29, 1.82) is 0 Å². The first-order valence-electron chi connectivity index (χ1n) is 8.24. The highest BCUT2D eigenvalue weighted by atomic mass is 127. The van der Waals surface area contributed by atoms with Crippen LogP contribution in [0.2, 0.25) is 5.02 Å². The lowest BCUT2D eigenvalue weighted by Crippen LogP contribution is -2.23. The summed E-state index contributed by atoms with van der Waals surface area (Å²) >= 11 is 12.6. The second-order valence-corrected chi connectivity index (χ2v) is 8.53. The van der Waals surface area contributed by atoms with Gasteiger partial charge in [0.25, 0.3) is 0 Å². The number of thiol groups is 1. The van der Waals surface area contributed by atoms with Crippen molar-refractivity contribution in [3.8, 4) is 5.75 Å². The first-order valence-corrected chi connectivity index (χ1v) is 12.4. The molecule has 1 heterocycles. The van der Waals surface area contributed by atoms with Gasteiger partial charge in [0.15, 0.2) is 0 Å². The van der Waals surface area contributed by atoms with Crippen LogP contribution in [-0.4, -0.2) is 17.5 Å². The summed E-state index contributed by atoms with van der Waals surface area (Å²) in [7, 11) is 3.48. The quantitative estimate of drug-likeness (QED) is 0.266. The Bertz CT molecular complexity index is 656. The zero-order valence-electron chi connectivity index (χ0n) is 14.4. The first kappa shape index (κ1) is 21.2. The van der Waals surface area contributed by atoms with Crippen LogP contribution in [0, 0.1) is 0 Å². The fourth-order valence-electron chi connectivity index (χ4n) is 2.96. The van der Waals surface area contributed by atoms with Crippen LogP contribution in [0.5, 0.6) is 5.75 Å². The van der Waals surface area contributed by atoms with E-state index in [2.05, 4.69) is 57.2 Å². The number of nitrogens with zero attached hydrogens (tertiary/aromatic N) is 1. The smallest absolute Gasteiger partial charge is 0.118 e. The van der Waals surface area contributed by atoms with Gasteiger partial charge in [-0.2, -0.15) is 0 Å². The maximum Gasteiger partial charge on any atom is 0.118 e. The van der Waals surface area contributed by atoms with Crippen molar-refractivity contribution in [3.05, 3.63) is 59.1 Å². The Hall–Kier alpha value is -0.0800. The van der Waals surface area contributed by atoms with Gasteiger partial charge in [-0.25, -0.2) is 4.31 Å². The third kappa shape index (κ3) is 6.24. The predicted molar refractivity (Wildman–Crippen MR) is 121 cm³/mol. The molecule has 0 amide bonds. The van der Waals surface area contributed by atoms with E-state index in [0.29, 0.717) is 12.1 Å². The third-order valence-corrected chi connectivity index (χ3v) is 6.91. The van der Waals surface area contributed by atoms with E-state index in [-0.39, 0.29) is 0 Å². The third-order valence-electron chi connectivity index (χ3n) is 4.30. The lowest BCUT2D eigenvalue weighted by Gasteiger charge is -2.26. The Balaban J connectivity index is 0.000000212. The summed E-state index contributed by atoms with van der Waals surface area (Å²) in [6.45, 7) is 2.27. The second-order valence-electron chi connectivity index (χ2n) is 5.84. The van der Waals surface area contributed by atoms with Crippen molar-refractivity contribution < 1.29 is 4.74 Å². The molecule has 0 bridgehead atoms. The highest BCUT2D eigenvalue weighted by Crippen LogP contribution is 2.44. The number of hydrogen-bond acceptors (Lipinski definition) is 4. The Labute approximate surface area is 177 Å². The molecule has 2 atom stereocenters. The molecule has 1 fully saturated rings. The topological polar surface area (TPSA) is 12.5 Å². The van der Waals surface area contributed by atoms with Crippen molar-refractivity contribution in [3.63, 3.8) is 0 Å². The molecular formula is C19H23ClINOS2. The van der Waals surface area contributed by atoms with E-state index < -0.39 is 0 Å². The largest absolute Gasteiger partial charge is 0.497 e. The van der Waals surface area contributed by atoms with Gasteiger partial charge < -0.3 is 4.74 Å². The molecule has 25 heavy (non-hydrogen) atoms. The van der Waals surface area contributed by atoms with E-state index >= 15 is 0 Å². The van der Waals surface area contributed by atoms with Crippen LogP contribution in [-0.2, 0) is 0 Å². The van der Waals surface area contributed by atoms with E-state index in [1.54, 1.807) is 7.11 Å². The molecule has 1 aliphatic rings. The summed E-state index contributed by atoms with van der Waals surface area (Å²) in [6.07, 6.45) is 3.77. The van der Waals surface area contributed by atoms with Crippen molar-refractivity contribution >= 4 is 54.6 Å². The molecule has 2 aromatic rings. The maximum absolute atomic E-state index is 6.06. The fraction of sp³-hybridized carbons (Fsp3) is 0.368. The molecule has 2 unspecified atom stereocenters. The van der Waals surface area contributed by atoms with Gasteiger partial charge in [-0.15, -0.1) is 12.6 Å². The molecule has 2 aromatic carbocycles. The number of benzene rings is 2. The lowest BCUT2D eigenvalue weighted by molar-refractivity contribution is 0.360. The van der Waals surface area contributed by atoms with Crippen LogP contribution in [0.25, 0.3) is 0 Å². The van der Waals surface area contributed by atoms with Gasteiger partial charge in [-0.05, 0) is 70.3 Å². The predicted octanol–water partition coefficient (Wildman–Crippen LogP) is 7.24. The molecule has 0 saturated carbocycles. The summed E-state index contributed by atoms with van der Waals surface area (Å²) in [6, 6.07) is 17.1. The van der Waals surface area contributed by atoms with Gasteiger partial charge in [0.05, 0.1) is 7.11 Å². The minimum atomic E-state index is 0.533. The molecule has 0 aromatic heterocycles. The molecule has 136 valence electrons. The highest BCUT2D eigenvalue weighted by Gasteiger charge is 2.33.